The zero-order chi connectivity index (χ0) is 14.4. The van der Waals surface area contributed by atoms with Crippen LogP contribution in [0.15, 0.2) is 36.4 Å². The van der Waals surface area contributed by atoms with Crippen molar-refractivity contribution in [1.82, 2.24) is 4.98 Å². The molecule has 0 fully saturated rings. The highest BCUT2D eigenvalue weighted by molar-refractivity contribution is 6.32. The van der Waals surface area contributed by atoms with Gasteiger partial charge in [-0.3, -0.25) is 0 Å². The average molecular weight is 292 g/mol. The highest BCUT2D eigenvalue weighted by atomic mass is 35.5. The highest BCUT2D eigenvalue weighted by Gasteiger charge is 2.03. The van der Waals surface area contributed by atoms with Crippen molar-refractivity contribution in [3.63, 3.8) is 0 Å². The Hall–Kier alpha value is -1.94. The van der Waals surface area contributed by atoms with Crippen molar-refractivity contribution in [2.75, 3.05) is 24.3 Å². The Morgan fingerprint density at radius 3 is 2.70 bits per heavy atom. The van der Waals surface area contributed by atoms with Crippen molar-refractivity contribution in [3.8, 4) is 5.75 Å². The van der Waals surface area contributed by atoms with Gasteiger partial charge in [0.15, 0.2) is 0 Å². The minimum Gasteiger partial charge on any atom is -0.495 e. The topological polar surface area (TPSA) is 46.2 Å². The van der Waals surface area contributed by atoms with Gasteiger partial charge in [0.1, 0.15) is 17.4 Å². The van der Waals surface area contributed by atoms with E-state index < -0.39 is 0 Å². The monoisotopic (exact) mass is 291 g/mol. The van der Waals surface area contributed by atoms with E-state index in [0.29, 0.717) is 10.8 Å². The largest absolute Gasteiger partial charge is 0.495 e. The molecule has 0 atom stereocenters. The maximum Gasteiger partial charge on any atom is 0.137 e. The first kappa shape index (κ1) is 14.5. The number of nitrogens with zero attached hydrogens (tertiary/aromatic N) is 1. The van der Waals surface area contributed by atoms with Crippen LogP contribution < -0.4 is 15.4 Å². The van der Waals surface area contributed by atoms with Gasteiger partial charge in [0.05, 0.1) is 12.1 Å². The van der Waals surface area contributed by atoms with Gasteiger partial charge in [0, 0.05) is 12.2 Å². The fourth-order valence-corrected chi connectivity index (χ4v) is 2.01. The third kappa shape index (κ3) is 3.78. The Morgan fingerprint density at radius 1 is 1.20 bits per heavy atom. The summed E-state index contributed by atoms with van der Waals surface area (Å²) in [6.45, 7) is 3.03. The fourth-order valence-electron chi connectivity index (χ4n) is 1.75. The minimum atomic E-state index is 0.567. The van der Waals surface area contributed by atoms with Crippen LogP contribution in [0.5, 0.6) is 5.75 Å². The van der Waals surface area contributed by atoms with Crippen molar-refractivity contribution < 1.29 is 4.74 Å². The number of hydrogen-bond acceptors (Lipinski definition) is 4. The molecule has 4 nitrogen and oxygen atoms in total. The smallest absolute Gasteiger partial charge is 0.137 e. The average Bonchev–Trinajstić information content (AvgIpc) is 2.46. The van der Waals surface area contributed by atoms with Gasteiger partial charge in [-0.25, -0.2) is 4.98 Å². The normalized spacial score (nSPS) is 10.2. The molecule has 5 heteroatoms. The molecule has 0 radical (unpaired) electrons. The number of aromatic nitrogens is 1. The second-order valence-electron chi connectivity index (χ2n) is 4.31. The number of ether oxygens (including phenoxy) is 1. The van der Waals surface area contributed by atoms with Crippen molar-refractivity contribution in [1.29, 1.82) is 0 Å². The van der Waals surface area contributed by atoms with Gasteiger partial charge in [0.2, 0.25) is 0 Å². The Balaban J connectivity index is 2.11. The molecule has 1 aromatic heterocycles. The van der Waals surface area contributed by atoms with E-state index in [0.717, 1.165) is 30.3 Å². The lowest BCUT2D eigenvalue weighted by atomic mass is 10.3. The number of pyridine rings is 1. The number of anilines is 3. The molecule has 0 aliphatic rings. The summed E-state index contributed by atoms with van der Waals surface area (Å²) in [4.78, 5) is 4.48. The summed E-state index contributed by atoms with van der Waals surface area (Å²) in [6, 6.07) is 11.4. The fraction of sp³-hybridized carbons (Fsp3) is 0.267. The van der Waals surface area contributed by atoms with E-state index >= 15 is 0 Å². The molecule has 2 aromatic rings. The van der Waals surface area contributed by atoms with Crippen LogP contribution in [0.3, 0.4) is 0 Å². The summed E-state index contributed by atoms with van der Waals surface area (Å²) >= 11 is 6.10. The zero-order valence-corrected chi connectivity index (χ0v) is 12.4. The van der Waals surface area contributed by atoms with Crippen molar-refractivity contribution >= 4 is 28.9 Å². The van der Waals surface area contributed by atoms with Crippen molar-refractivity contribution in [2.45, 2.75) is 13.3 Å². The first-order valence-corrected chi connectivity index (χ1v) is 6.92. The van der Waals surface area contributed by atoms with Crippen LogP contribution >= 0.6 is 11.6 Å². The second-order valence-corrected chi connectivity index (χ2v) is 4.72. The van der Waals surface area contributed by atoms with Gasteiger partial charge in [-0.1, -0.05) is 24.6 Å². The molecule has 1 aromatic carbocycles. The number of hydrogen-bond donors (Lipinski definition) is 2. The lowest BCUT2D eigenvalue weighted by Gasteiger charge is -2.10. The van der Waals surface area contributed by atoms with Crippen LogP contribution in [0.1, 0.15) is 13.3 Å². The molecule has 0 spiro atoms. The number of nitrogens with one attached hydrogen (secondary N) is 2. The molecular formula is C15H18ClN3O. The van der Waals surface area contributed by atoms with E-state index in [9.17, 15) is 0 Å². The summed E-state index contributed by atoms with van der Waals surface area (Å²) in [5, 5.41) is 7.04. The van der Waals surface area contributed by atoms with Crippen LogP contribution in [-0.4, -0.2) is 18.6 Å². The molecule has 1 heterocycles. The summed E-state index contributed by atoms with van der Waals surface area (Å²) < 4.78 is 5.13. The van der Waals surface area contributed by atoms with E-state index in [1.807, 2.05) is 36.4 Å². The lowest BCUT2D eigenvalue weighted by molar-refractivity contribution is 0.415. The van der Waals surface area contributed by atoms with E-state index in [-0.39, 0.29) is 0 Å². The molecule has 0 saturated heterocycles. The Kier molecular flexibility index (Phi) is 5.07. The van der Waals surface area contributed by atoms with Crippen molar-refractivity contribution in [2.24, 2.45) is 0 Å². The third-order valence-electron chi connectivity index (χ3n) is 2.73. The number of benzene rings is 1. The third-order valence-corrected chi connectivity index (χ3v) is 3.02. The highest BCUT2D eigenvalue weighted by Crippen LogP contribution is 2.28. The number of methoxy groups -OCH3 is 1. The molecular weight excluding hydrogens is 274 g/mol. The minimum absolute atomic E-state index is 0.567. The van der Waals surface area contributed by atoms with E-state index in [1.54, 1.807) is 7.11 Å². The Morgan fingerprint density at radius 2 is 2.00 bits per heavy atom. The Bertz CT molecular complexity index is 575. The van der Waals surface area contributed by atoms with Crippen LogP contribution in [-0.2, 0) is 0 Å². The Labute approximate surface area is 124 Å². The van der Waals surface area contributed by atoms with Crippen molar-refractivity contribution in [3.05, 3.63) is 41.4 Å². The number of rotatable bonds is 6. The molecule has 2 N–H and O–H groups in total. The van der Waals surface area contributed by atoms with Crippen LogP contribution in [0.4, 0.5) is 17.3 Å². The molecule has 0 unspecified atom stereocenters. The molecule has 0 bridgehead atoms. The predicted molar refractivity (Wildman–Crippen MR) is 84.3 cm³/mol. The van der Waals surface area contributed by atoms with Crippen LogP contribution in [0.2, 0.25) is 5.02 Å². The number of halogens is 1. The lowest BCUT2D eigenvalue weighted by Crippen LogP contribution is -2.03. The first-order valence-electron chi connectivity index (χ1n) is 6.54. The standard InChI is InChI=1S/C15H18ClN3O/c1-3-9-17-14-5-4-6-15(19-14)18-11-7-8-13(20-2)12(16)10-11/h4-8,10H,3,9H2,1-2H3,(H2,17,18,19). The molecule has 0 amide bonds. The summed E-state index contributed by atoms with van der Waals surface area (Å²) in [6.07, 6.45) is 1.06. The van der Waals surface area contributed by atoms with Gasteiger partial charge in [-0.2, -0.15) is 0 Å². The van der Waals surface area contributed by atoms with E-state index in [2.05, 4.69) is 22.5 Å². The molecule has 0 saturated carbocycles. The molecule has 2 rings (SSSR count). The van der Waals surface area contributed by atoms with Gasteiger partial charge < -0.3 is 15.4 Å². The predicted octanol–water partition coefficient (Wildman–Crippen LogP) is 4.31. The maximum atomic E-state index is 6.10. The molecule has 20 heavy (non-hydrogen) atoms. The SMILES string of the molecule is CCCNc1cccc(Nc2ccc(OC)c(Cl)c2)n1. The van der Waals surface area contributed by atoms with E-state index in [1.165, 1.54) is 0 Å². The second kappa shape index (κ2) is 7.01. The first-order chi connectivity index (χ1) is 9.72. The van der Waals surface area contributed by atoms with Gasteiger partial charge in [-0.05, 0) is 36.8 Å². The van der Waals surface area contributed by atoms with Crippen LogP contribution in [0, 0.1) is 0 Å². The molecule has 106 valence electrons. The quantitative estimate of drug-likeness (QED) is 0.832. The summed E-state index contributed by atoms with van der Waals surface area (Å²) in [7, 11) is 1.60. The molecule has 0 aliphatic heterocycles. The maximum absolute atomic E-state index is 6.10. The van der Waals surface area contributed by atoms with Gasteiger partial charge in [-0.15, -0.1) is 0 Å². The van der Waals surface area contributed by atoms with E-state index in [4.69, 9.17) is 16.3 Å². The summed E-state index contributed by atoms with van der Waals surface area (Å²) in [5.74, 6) is 2.28. The van der Waals surface area contributed by atoms with Gasteiger partial charge in [0.25, 0.3) is 0 Å². The molecule has 0 aliphatic carbocycles. The van der Waals surface area contributed by atoms with Gasteiger partial charge >= 0.3 is 0 Å². The van der Waals surface area contributed by atoms with Crippen LogP contribution in [0.25, 0.3) is 0 Å². The summed E-state index contributed by atoms with van der Waals surface area (Å²) in [5.41, 5.74) is 0.871. The zero-order valence-electron chi connectivity index (χ0n) is 11.6.